The lowest BCUT2D eigenvalue weighted by molar-refractivity contribution is 0.262. The largest absolute Gasteiger partial charge is 0.382 e. The molecule has 5 aromatic rings. The number of aromatic nitrogens is 3. The van der Waals surface area contributed by atoms with Gasteiger partial charge in [0.15, 0.2) is 0 Å². The summed E-state index contributed by atoms with van der Waals surface area (Å²) in [6, 6.07) is 19.8. The Labute approximate surface area is 233 Å². The third-order valence-electron chi connectivity index (χ3n) is 7.71. The van der Waals surface area contributed by atoms with Crippen LogP contribution in [0.4, 0.5) is 22.0 Å². The van der Waals surface area contributed by atoms with Crippen LogP contribution in [-0.2, 0) is 0 Å². The van der Waals surface area contributed by atoms with Crippen LogP contribution < -0.4 is 21.7 Å². The van der Waals surface area contributed by atoms with E-state index in [4.69, 9.17) is 10.7 Å². The number of benzene rings is 3. The van der Waals surface area contributed by atoms with Crippen LogP contribution in [0.2, 0.25) is 0 Å². The van der Waals surface area contributed by atoms with Crippen LogP contribution in [0.1, 0.15) is 36.3 Å². The number of nitrogens with one attached hydrogen (secondary N) is 3. The molecule has 8 nitrogen and oxygen atoms in total. The molecule has 1 aliphatic rings. The maximum atomic E-state index is 12.9. The van der Waals surface area contributed by atoms with E-state index in [9.17, 15) is 4.79 Å². The van der Waals surface area contributed by atoms with Crippen molar-refractivity contribution in [2.24, 2.45) is 0 Å². The Kier molecular flexibility index (Phi) is 6.69. The Morgan fingerprint density at radius 3 is 2.60 bits per heavy atom. The predicted octanol–water partition coefficient (Wildman–Crippen LogP) is 6.55. The van der Waals surface area contributed by atoms with E-state index in [1.807, 2.05) is 87.8 Å². The van der Waals surface area contributed by atoms with Crippen molar-refractivity contribution in [3.63, 3.8) is 0 Å². The molecule has 0 spiro atoms. The number of fused-ring (bicyclic) bond motifs is 2. The summed E-state index contributed by atoms with van der Waals surface area (Å²) in [4.78, 5) is 22.5. The number of nitrogens with zero attached hydrogens (tertiary/aromatic N) is 3. The number of hydrogen-bond donors (Lipinski definition) is 4. The second kappa shape index (κ2) is 10.5. The van der Waals surface area contributed by atoms with Gasteiger partial charge in [0.1, 0.15) is 22.9 Å². The quantitative estimate of drug-likeness (QED) is 0.206. The number of amides is 2. The summed E-state index contributed by atoms with van der Waals surface area (Å²) in [5, 5.41) is 11.2. The van der Waals surface area contributed by atoms with Crippen molar-refractivity contribution >= 4 is 45.1 Å². The van der Waals surface area contributed by atoms with Gasteiger partial charge in [-0.1, -0.05) is 48.5 Å². The monoisotopic (exact) mass is 531 g/mol. The first-order valence-electron chi connectivity index (χ1n) is 13.6. The van der Waals surface area contributed by atoms with Crippen LogP contribution in [0.5, 0.6) is 0 Å². The summed E-state index contributed by atoms with van der Waals surface area (Å²) >= 11 is 0. The van der Waals surface area contributed by atoms with Gasteiger partial charge in [-0.05, 0) is 74.9 Å². The van der Waals surface area contributed by atoms with E-state index in [0.717, 1.165) is 69.6 Å². The van der Waals surface area contributed by atoms with Crippen molar-refractivity contribution in [3.05, 3.63) is 90.0 Å². The molecule has 0 saturated carbocycles. The van der Waals surface area contributed by atoms with Crippen molar-refractivity contribution in [2.75, 3.05) is 23.4 Å². The van der Waals surface area contributed by atoms with Crippen LogP contribution in [0.15, 0.2) is 72.9 Å². The van der Waals surface area contributed by atoms with E-state index >= 15 is 0 Å². The lowest BCUT2D eigenvalue weighted by Gasteiger charge is -2.22. The third kappa shape index (κ3) is 4.67. The molecular formula is C32H33N7O. The standard InChI is InChI=1S/C32H33N7O/c1-19-7-6-8-23(17-19)37-32(40)38-27-16-15-26(24-9-4-5-10-25(24)27)29-30-31(33)35-18-28(39(30)20(2)36-29)21-11-13-22(34-3)14-12-21/h4-11,15-18,22,34H,12-14H2,1-3H3,(H2,33,35)(H2,37,38,40). The van der Waals surface area contributed by atoms with Gasteiger partial charge in [-0.2, -0.15) is 0 Å². The summed E-state index contributed by atoms with van der Waals surface area (Å²) in [5.41, 5.74) is 13.8. The highest BCUT2D eigenvalue weighted by atomic mass is 16.2. The maximum Gasteiger partial charge on any atom is 0.323 e. The van der Waals surface area contributed by atoms with E-state index in [0.29, 0.717) is 17.5 Å². The zero-order valence-corrected chi connectivity index (χ0v) is 23.0. The fourth-order valence-corrected chi connectivity index (χ4v) is 5.68. The van der Waals surface area contributed by atoms with Gasteiger partial charge in [-0.25, -0.2) is 14.8 Å². The second-order valence-electron chi connectivity index (χ2n) is 10.4. The van der Waals surface area contributed by atoms with E-state index in [1.54, 1.807) is 0 Å². The molecule has 0 saturated heterocycles. The lowest BCUT2D eigenvalue weighted by Crippen LogP contribution is -2.26. The highest BCUT2D eigenvalue weighted by Gasteiger charge is 2.22. The topological polar surface area (TPSA) is 109 Å². The number of rotatable bonds is 5. The lowest BCUT2D eigenvalue weighted by atomic mass is 9.93. The molecule has 1 aliphatic carbocycles. The van der Waals surface area contributed by atoms with Crippen molar-refractivity contribution < 1.29 is 4.79 Å². The number of allylic oxidation sites excluding steroid dienone is 1. The smallest absolute Gasteiger partial charge is 0.323 e. The second-order valence-corrected chi connectivity index (χ2v) is 10.4. The molecule has 0 aliphatic heterocycles. The predicted molar refractivity (Wildman–Crippen MR) is 164 cm³/mol. The molecule has 5 N–H and O–H groups in total. The number of carbonyl (C=O) groups is 1. The minimum atomic E-state index is -0.300. The van der Waals surface area contributed by atoms with Gasteiger partial charge in [0.2, 0.25) is 0 Å². The minimum absolute atomic E-state index is 0.300. The fourth-order valence-electron chi connectivity index (χ4n) is 5.68. The summed E-state index contributed by atoms with van der Waals surface area (Å²) in [6.45, 7) is 4.00. The molecule has 1 atom stereocenters. The van der Waals surface area contributed by atoms with Gasteiger partial charge in [0.05, 0.1) is 17.6 Å². The van der Waals surface area contributed by atoms with Crippen LogP contribution in [0, 0.1) is 13.8 Å². The van der Waals surface area contributed by atoms with Gasteiger partial charge in [-0.15, -0.1) is 0 Å². The minimum Gasteiger partial charge on any atom is -0.382 e. The number of nitrogens with two attached hydrogens (primary N) is 1. The molecule has 40 heavy (non-hydrogen) atoms. The average Bonchev–Trinajstić information content (AvgIpc) is 3.31. The van der Waals surface area contributed by atoms with Gasteiger partial charge in [-0.3, -0.25) is 4.40 Å². The number of aryl methyl sites for hydroxylation is 2. The van der Waals surface area contributed by atoms with E-state index in [2.05, 4.69) is 31.4 Å². The summed E-state index contributed by atoms with van der Waals surface area (Å²) < 4.78 is 2.14. The highest BCUT2D eigenvalue weighted by molar-refractivity contribution is 6.11. The molecule has 3 aromatic carbocycles. The van der Waals surface area contributed by atoms with Crippen LogP contribution in [-0.4, -0.2) is 33.5 Å². The first-order valence-corrected chi connectivity index (χ1v) is 13.6. The molecule has 0 fully saturated rings. The Balaban J connectivity index is 1.41. The molecule has 8 heteroatoms. The van der Waals surface area contributed by atoms with Gasteiger partial charge >= 0.3 is 6.03 Å². The zero-order chi connectivity index (χ0) is 27.8. The number of nitrogen functional groups attached to an aromatic ring is 1. The SMILES string of the molecule is CNC1CC=C(c2cnc(N)c3c(-c4ccc(NC(=O)Nc5cccc(C)c5)c5ccccc45)nc(C)n23)CC1. The molecular weight excluding hydrogens is 498 g/mol. The molecule has 202 valence electrons. The number of hydrogen-bond acceptors (Lipinski definition) is 5. The van der Waals surface area contributed by atoms with Crippen LogP contribution in [0.3, 0.4) is 0 Å². The first-order chi connectivity index (χ1) is 19.4. The third-order valence-corrected chi connectivity index (χ3v) is 7.71. The molecule has 0 bridgehead atoms. The van der Waals surface area contributed by atoms with Gasteiger partial charge < -0.3 is 21.7 Å². The Morgan fingerprint density at radius 1 is 1.02 bits per heavy atom. The highest BCUT2D eigenvalue weighted by Crippen LogP contribution is 2.38. The van der Waals surface area contributed by atoms with Crippen molar-refractivity contribution in [3.8, 4) is 11.3 Å². The van der Waals surface area contributed by atoms with E-state index < -0.39 is 0 Å². The van der Waals surface area contributed by atoms with Crippen LogP contribution in [0.25, 0.3) is 33.1 Å². The van der Waals surface area contributed by atoms with Crippen molar-refractivity contribution in [2.45, 2.75) is 39.2 Å². The molecule has 2 heterocycles. The first kappa shape index (κ1) is 25.6. The van der Waals surface area contributed by atoms with Crippen LogP contribution >= 0.6 is 0 Å². The molecule has 2 amide bonds. The maximum absolute atomic E-state index is 12.9. The number of imidazole rings is 1. The normalized spacial score (nSPS) is 15.3. The fraction of sp³-hybridized carbons (Fsp3) is 0.219. The van der Waals surface area contributed by atoms with E-state index in [1.165, 1.54) is 5.57 Å². The Morgan fingerprint density at radius 2 is 1.85 bits per heavy atom. The Hall–Kier alpha value is -4.69. The average molecular weight is 532 g/mol. The van der Waals surface area contributed by atoms with E-state index in [-0.39, 0.29) is 6.03 Å². The number of anilines is 3. The zero-order valence-electron chi connectivity index (χ0n) is 23.0. The number of urea groups is 1. The van der Waals surface area contributed by atoms with Crippen molar-refractivity contribution in [1.82, 2.24) is 19.7 Å². The summed E-state index contributed by atoms with van der Waals surface area (Å²) in [6.07, 6.45) is 7.19. The summed E-state index contributed by atoms with van der Waals surface area (Å²) in [5.74, 6) is 1.29. The molecule has 6 rings (SSSR count). The Bertz CT molecular complexity index is 1790. The molecule has 2 aromatic heterocycles. The van der Waals surface area contributed by atoms with Gasteiger partial charge in [0.25, 0.3) is 0 Å². The molecule has 0 radical (unpaired) electrons. The molecule has 1 unspecified atom stereocenters. The van der Waals surface area contributed by atoms with Gasteiger partial charge in [0, 0.05) is 22.7 Å². The summed E-state index contributed by atoms with van der Waals surface area (Å²) in [7, 11) is 2.01. The number of carbonyl (C=O) groups excluding carboxylic acids is 1. The van der Waals surface area contributed by atoms with Crippen molar-refractivity contribution in [1.29, 1.82) is 0 Å².